The average molecular weight is 256 g/mol. The van der Waals surface area contributed by atoms with E-state index in [0.29, 0.717) is 18.5 Å². The zero-order valence-corrected chi connectivity index (χ0v) is 11.4. The molecule has 1 N–H and O–H groups in total. The van der Waals surface area contributed by atoms with Gasteiger partial charge in [-0.25, -0.2) is 4.98 Å². The van der Waals surface area contributed by atoms with Gasteiger partial charge >= 0.3 is 0 Å². The topological polar surface area (TPSA) is 51.2 Å². The first-order valence-corrected chi connectivity index (χ1v) is 7.37. The summed E-state index contributed by atoms with van der Waals surface area (Å²) in [6.45, 7) is 2.81. The van der Waals surface area contributed by atoms with Gasteiger partial charge in [0, 0.05) is 47.2 Å². The number of ether oxygens (including phenoxy) is 1. The number of pyridine rings is 1. The maximum Gasteiger partial charge on any atom is 0.217 e. The standard InChI is InChI=1S/C12H20N2O2S/c1-10(6-8-17(3)15)14-9-11-5-4-7-13-12(11)16-2/h4-5,7,10,14H,6,8-9H2,1-3H3. The van der Waals surface area contributed by atoms with Crippen LogP contribution in [0.15, 0.2) is 18.3 Å². The molecule has 17 heavy (non-hydrogen) atoms. The minimum absolute atomic E-state index is 0.337. The second-order valence-electron chi connectivity index (χ2n) is 4.02. The van der Waals surface area contributed by atoms with Crippen molar-refractivity contribution in [2.45, 2.75) is 25.9 Å². The summed E-state index contributed by atoms with van der Waals surface area (Å²) < 4.78 is 16.2. The highest BCUT2D eigenvalue weighted by molar-refractivity contribution is 7.84. The lowest BCUT2D eigenvalue weighted by Crippen LogP contribution is -2.27. The first-order valence-electron chi connectivity index (χ1n) is 5.64. The molecule has 0 bridgehead atoms. The SMILES string of the molecule is COc1ncccc1CNC(C)CCS(C)=O. The van der Waals surface area contributed by atoms with Gasteiger partial charge in [0.25, 0.3) is 0 Å². The zero-order valence-electron chi connectivity index (χ0n) is 10.6. The Labute approximate surface area is 105 Å². The van der Waals surface area contributed by atoms with Crippen LogP contribution < -0.4 is 10.1 Å². The minimum Gasteiger partial charge on any atom is -0.481 e. The van der Waals surface area contributed by atoms with Gasteiger partial charge in [0.15, 0.2) is 0 Å². The summed E-state index contributed by atoms with van der Waals surface area (Å²) in [7, 11) is 0.903. The van der Waals surface area contributed by atoms with E-state index in [1.165, 1.54) is 0 Å². The van der Waals surface area contributed by atoms with Crippen molar-refractivity contribution < 1.29 is 8.95 Å². The Morgan fingerprint density at radius 2 is 2.35 bits per heavy atom. The van der Waals surface area contributed by atoms with E-state index in [0.717, 1.165) is 17.7 Å². The number of nitrogens with zero attached hydrogens (tertiary/aromatic N) is 1. The van der Waals surface area contributed by atoms with Gasteiger partial charge in [-0.2, -0.15) is 0 Å². The molecule has 0 radical (unpaired) electrons. The molecule has 1 aromatic rings. The van der Waals surface area contributed by atoms with E-state index in [4.69, 9.17) is 4.74 Å². The van der Waals surface area contributed by atoms with E-state index in [1.54, 1.807) is 19.6 Å². The molecule has 5 heteroatoms. The normalized spacial score (nSPS) is 14.3. The molecular weight excluding hydrogens is 236 g/mol. The Bertz CT molecular complexity index is 371. The summed E-state index contributed by atoms with van der Waals surface area (Å²) >= 11 is 0. The summed E-state index contributed by atoms with van der Waals surface area (Å²) in [5.74, 6) is 1.39. The zero-order chi connectivity index (χ0) is 12.7. The average Bonchev–Trinajstić information content (AvgIpc) is 2.34. The fourth-order valence-electron chi connectivity index (χ4n) is 1.47. The predicted octanol–water partition coefficient (Wildman–Crippen LogP) is 1.34. The van der Waals surface area contributed by atoms with Crippen LogP contribution in [0.4, 0.5) is 0 Å². The van der Waals surface area contributed by atoms with Crippen molar-refractivity contribution in [1.82, 2.24) is 10.3 Å². The van der Waals surface area contributed by atoms with Gasteiger partial charge in [-0.15, -0.1) is 0 Å². The molecule has 2 atom stereocenters. The maximum absolute atomic E-state index is 11.0. The van der Waals surface area contributed by atoms with Crippen LogP contribution in [0.1, 0.15) is 18.9 Å². The highest BCUT2D eigenvalue weighted by atomic mass is 32.2. The van der Waals surface area contributed by atoms with Gasteiger partial charge in [0.2, 0.25) is 5.88 Å². The molecule has 2 unspecified atom stereocenters. The molecule has 0 spiro atoms. The predicted molar refractivity (Wildman–Crippen MR) is 70.6 cm³/mol. The van der Waals surface area contributed by atoms with Crippen molar-refractivity contribution in [3.63, 3.8) is 0 Å². The summed E-state index contributed by atoms with van der Waals surface area (Å²) in [5.41, 5.74) is 1.04. The minimum atomic E-state index is -0.717. The molecule has 0 fully saturated rings. The van der Waals surface area contributed by atoms with E-state index in [1.807, 2.05) is 12.1 Å². The van der Waals surface area contributed by atoms with Crippen LogP contribution >= 0.6 is 0 Å². The molecule has 4 nitrogen and oxygen atoms in total. The van der Waals surface area contributed by atoms with Crippen molar-refractivity contribution in [2.75, 3.05) is 19.1 Å². The Kier molecular flexibility index (Phi) is 6.15. The van der Waals surface area contributed by atoms with Gasteiger partial charge in [-0.05, 0) is 19.4 Å². The first kappa shape index (κ1) is 14.1. The molecule has 1 heterocycles. The molecule has 0 saturated heterocycles. The van der Waals surface area contributed by atoms with Crippen molar-refractivity contribution in [1.29, 1.82) is 0 Å². The molecule has 1 rings (SSSR count). The number of rotatable bonds is 7. The number of methoxy groups -OCH3 is 1. The molecule has 0 aromatic carbocycles. The maximum atomic E-state index is 11.0. The molecule has 0 amide bonds. The van der Waals surface area contributed by atoms with E-state index in [2.05, 4.69) is 17.2 Å². The van der Waals surface area contributed by atoms with E-state index in [9.17, 15) is 4.21 Å². The van der Waals surface area contributed by atoms with Gasteiger partial charge < -0.3 is 10.1 Å². The van der Waals surface area contributed by atoms with Crippen LogP contribution in [-0.4, -0.2) is 34.4 Å². The summed E-state index contributed by atoms with van der Waals surface area (Å²) in [4.78, 5) is 4.14. The molecule has 96 valence electrons. The third kappa shape index (κ3) is 5.28. The summed E-state index contributed by atoms with van der Waals surface area (Å²) in [6, 6.07) is 4.22. The number of hydrogen-bond donors (Lipinski definition) is 1. The Morgan fingerprint density at radius 3 is 3.00 bits per heavy atom. The van der Waals surface area contributed by atoms with E-state index in [-0.39, 0.29) is 0 Å². The lowest BCUT2D eigenvalue weighted by molar-refractivity contribution is 0.388. The third-order valence-electron chi connectivity index (χ3n) is 2.52. The Hall–Kier alpha value is -0.940. The monoisotopic (exact) mass is 256 g/mol. The third-order valence-corrected chi connectivity index (χ3v) is 3.33. The van der Waals surface area contributed by atoms with Crippen LogP contribution in [0.3, 0.4) is 0 Å². The molecule has 1 aromatic heterocycles. The molecular formula is C12H20N2O2S. The van der Waals surface area contributed by atoms with E-state index >= 15 is 0 Å². The molecule has 0 saturated carbocycles. The lowest BCUT2D eigenvalue weighted by atomic mass is 10.2. The van der Waals surface area contributed by atoms with Crippen molar-refractivity contribution >= 4 is 10.8 Å². The Morgan fingerprint density at radius 1 is 1.59 bits per heavy atom. The quantitative estimate of drug-likeness (QED) is 0.800. The highest BCUT2D eigenvalue weighted by Crippen LogP contribution is 2.13. The van der Waals surface area contributed by atoms with Crippen LogP contribution in [0.25, 0.3) is 0 Å². The second-order valence-corrected chi connectivity index (χ2v) is 5.57. The number of nitrogens with one attached hydrogen (secondary N) is 1. The van der Waals surface area contributed by atoms with Gasteiger partial charge in [-0.1, -0.05) is 6.07 Å². The van der Waals surface area contributed by atoms with Gasteiger partial charge in [0.05, 0.1) is 7.11 Å². The molecule has 0 aliphatic carbocycles. The molecule has 0 aliphatic rings. The van der Waals surface area contributed by atoms with Crippen LogP contribution in [0.5, 0.6) is 5.88 Å². The fourth-order valence-corrected chi connectivity index (χ4v) is 2.16. The van der Waals surface area contributed by atoms with Gasteiger partial charge in [-0.3, -0.25) is 4.21 Å². The lowest BCUT2D eigenvalue weighted by Gasteiger charge is -2.14. The van der Waals surface area contributed by atoms with Gasteiger partial charge in [0.1, 0.15) is 0 Å². The largest absolute Gasteiger partial charge is 0.481 e. The van der Waals surface area contributed by atoms with Crippen LogP contribution in [-0.2, 0) is 17.3 Å². The number of hydrogen-bond acceptors (Lipinski definition) is 4. The smallest absolute Gasteiger partial charge is 0.217 e. The first-order chi connectivity index (χ1) is 8.13. The van der Waals surface area contributed by atoms with Crippen LogP contribution in [0.2, 0.25) is 0 Å². The van der Waals surface area contributed by atoms with Crippen molar-refractivity contribution in [2.24, 2.45) is 0 Å². The summed E-state index contributed by atoms with van der Waals surface area (Å²) in [6.07, 6.45) is 4.36. The molecule has 0 aliphatic heterocycles. The van der Waals surface area contributed by atoms with E-state index < -0.39 is 10.8 Å². The second kappa shape index (κ2) is 7.40. The van der Waals surface area contributed by atoms with Crippen molar-refractivity contribution in [3.8, 4) is 5.88 Å². The van der Waals surface area contributed by atoms with Crippen molar-refractivity contribution in [3.05, 3.63) is 23.9 Å². The van der Waals surface area contributed by atoms with Crippen LogP contribution in [0, 0.1) is 0 Å². The summed E-state index contributed by atoms with van der Waals surface area (Å²) in [5, 5.41) is 3.37. The fraction of sp³-hybridized carbons (Fsp3) is 0.583. The number of aromatic nitrogens is 1. The highest BCUT2D eigenvalue weighted by Gasteiger charge is 2.06. The Balaban J connectivity index is 2.41.